The van der Waals surface area contributed by atoms with Crippen molar-refractivity contribution in [1.82, 2.24) is 15.8 Å². The molecule has 1 aromatic heterocycles. The van der Waals surface area contributed by atoms with E-state index in [-0.39, 0.29) is 16.5 Å². The summed E-state index contributed by atoms with van der Waals surface area (Å²) in [5.74, 6) is -0.381. The van der Waals surface area contributed by atoms with Gasteiger partial charge in [-0.2, -0.15) is 0 Å². The zero-order valence-electron chi connectivity index (χ0n) is 7.15. The average Bonchev–Trinajstić information content (AvgIpc) is 2.15. The molecule has 0 aliphatic rings. The van der Waals surface area contributed by atoms with Crippen LogP contribution in [-0.2, 0) is 0 Å². The van der Waals surface area contributed by atoms with Crippen molar-refractivity contribution in [3.63, 3.8) is 0 Å². The quantitative estimate of drug-likeness (QED) is 0.399. The number of thiocarbonyl (C=S) groups is 1. The molecule has 6 nitrogen and oxygen atoms in total. The lowest BCUT2D eigenvalue weighted by Crippen LogP contribution is -2.44. The highest BCUT2D eigenvalue weighted by atomic mass is 32.1. The molecule has 1 amide bonds. The van der Waals surface area contributed by atoms with Gasteiger partial charge < -0.3 is 11.2 Å². The number of aromatic nitrogens is 1. The lowest BCUT2D eigenvalue weighted by Gasteiger charge is -2.04. The number of hydrazine groups is 1. The van der Waals surface area contributed by atoms with Crippen molar-refractivity contribution >= 4 is 23.2 Å². The van der Waals surface area contributed by atoms with Gasteiger partial charge in [0.1, 0.15) is 5.69 Å². The molecule has 0 radical (unpaired) electrons. The lowest BCUT2D eigenvalue weighted by molar-refractivity contribution is 0.0939. The second-order valence-corrected chi connectivity index (χ2v) is 2.60. The van der Waals surface area contributed by atoms with Crippen molar-refractivity contribution in [1.29, 1.82) is 0 Å². The van der Waals surface area contributed by atoms with Crippen molar-refractivity contribution in [2.45, 2.75) is 0 Å². The van der Waals surface area contributed by atoms with E-state index < -0.39 is 0 Å². The molecule has 0 unspecified atom stereocenters. The van der Waals surface area contributed by atoms with Crippen molar-refractivity contribution in [3.8, 4) is 0 Å². The largest absolute Gasteiger partial charge is 0.412 e. The summed E-state index contributed by atoms with van der Waals surface area (Å²) in [7, 11) is 0. The van der Waals surface area contributed by atoms with Gasteiger partial charge in [-0.3, -0.25) is 20.6 Å². The van der Waals surface area contributed by atoms with Gasteiger partial charge in [0.25, 0.3) is 5.91 Å². The van der Waals surface area contributed by atoms with Crippen LogP contribution in [0.15, 0.2) is 24.4 Å². The number of pyridine rings is 1. The molecule has 76 valence electrons. The first-order valence-electron chi connectivity index (χ1n) is 3.47. The maximum atomic E-state index is 11.2. The van der Waals surface area contributed by atoms with Gasteiger partial charge in [0.2, 0.25) is 0 Å². The predicted octanol–water partition coefficient (Wildman–Crippen LogP) is -1.27. The summed E-state index contributed by atoms with van der Waals surface area (Å²) in [6.07, 6.45) is 1.52. The molecule has 0 aromatic carbocycles. The first kappa shape index (κ1) is 12.3. The molecule has 0 saturated heterocycles. The van der Waals surface area contributed by atoms with Gasteiger partial charge in [-0.15, -0.1) is 0 Å². The minimum absolute atomic E-state index is 0. The highest BCUT2D eigenvalue weighted by molar-refractivity contribution is 7.80. The van der Waals surface area contributed by atoms with E-state index in [4.69, 9.17) is 5.73 Å². The van der Waals surface area contributed by atoms with Gasteiger partial charge in [-0.05, 0) is 24.4 Å². The number of rotatable bonds is 1. The highest BCUT2D eigenvalue weighted by Gasteiger charge is 2.04. The molecule has 0 spiro atoms. The Hall–Kier alpha value is -1.73. The molecule has 0 saturated carbocycles. The molecule has 0 fully saturated rings. The normalized spacial score (nSPS) is 8.29. The SMILES string of the molecule is NC(=S)NNC(=O)c1ccccn1.O. The Labute approximate surface area is 85.8 Å². The fourth-order valence-corrected chi connectivity index (χ4v) is 0.731. The molecule has 0 atom stereocenters. The number of hydrogen-bond donors (Lipinski definition) is 3. The van der Waals surface area contributed by atoms with Gasteiger partial charge in [0, 0.05) is 6.20 Å². The van der Waals surface area contributed by atoms with E-state index in [0.717, 1.165) is 0 Å². The zero-order valence-corrected chi connectivity index (χ0v) is 7.97. The lowest BCUT2D eigenvalue weighted by atomic mass is 10.3. The van der Waals surface area contributed by atoms with E-state index in [1.165, 1.54) is 6.20 Å². The fourth-order valence-electron chi connectivity index (χ4n) is 0.679. The third-order valence-corrected chi connectivity index (χ3v) is 1.30. The Balaban J connectivity index is 0.00000169. The molecule has 1 rings (SSSR count). The third kappa shape index (κ3) is 3.78. The standard InChI is InChI=1S/C7H8N4OS.H2O/c8-7(13)11-10-6(12)5-3-1-2-4-9-5;/h1-4H,(H,10,12)(H3,8,11,13);1H2. The minimum atomic E-state index is -0.381. The summed E-state index contributed by atoms with van der Waals surface area (Å²) >= 11 is 4.50. The van der Waals surface area contributed by atoms with Crippen LogP contribution in [0.5, 0.6) is 0 Å². The molecule has 1 aromatic rings. The van der Waals surface area contributed by atoms with Gasteiger partial charge in [0.05, 0.1) is 0 Å². The summed E-state index contributed by atoms with van der Waals surface area (Å²) in [5.41, 5.74) is 10.00. The number of nitrogens with one attached hydrogen (secondary N) is 2. The third-order valence-electron chi connectivity index (χ3n) is 1.20. The number of amides is 1. The number of carbonyl (C=O) groups is 1. The molecule has 6 N–H and O–H groups in total. The number of nitrogens with two attached hydrogens (primary N) is 1. The molecule has 1 heterocycles. The first-order chi connectivity index (χ1) is 6.20. The monoisotopic (exact) mass is 214 g/mol. The topological polar surface area (TPSA) is 112 Å². The summed E-state index contributed by atoms with van der Waals surface area (Å²) in [6.45, 7) is 0. The molecule has 0 aliphatic carbocycles. The van der Waals surface area contributed by atoms with Crippen molar-refractivity contribution in [2.75, 3.05) is 0 Å². The van der Waals surface area contributed by atoms with Crippen LogP contribution in [0.3, 0.4) is 0 Å². The van der Waals surface area contributed by atoms with Crippen LogP contribution < -0.4 is 16.6 Å². The maximum absolute atomic E-state index is 11.2. The van der Waals surface area contributed by atoms with Crippen molar-refractivity contribution in [2.24, 2.45) is 5.73 Å². The van der Waals surface area contributed by atoms with E-state index in [1.54, 1.807) is 18.2 Å². The fraction of sp³-hybridized carbons (Fsp3) is 0. The van der Waals surface area contributed by atoms with Gasteiger partial charge in [-0.25, -0.2) is 0 Å². The van der Waals surface area contributed by atoms with Crippen LogP contribution in [0, 0.1) is 0 Å². The maximum Gasteiger partial charge on any atom is 0.288 e. The van der Waals surface area contributed by atoms with E-state index in [1.807, 2.05) is 0 Å². The summed E-state index contributed by atoms with van der Waals surface area (Å²) < 4.78 is 0. The summed E-state index contributed by atoms with van der Waals surface area (Å²) in [6, 6.07) is 5.01. The second kappa shape index (κ2) is 5.84. The van der Waals surface area contributed by atoms with E-state index in [0.29, 0.717) is 5.69 Å². The Morgan fingerprint density at radius 2 is 2.14 bits per heavy atom. The number of hydrogen-bond acceptors (Lipinski definition) is 3. The molecular formula is C7H10N4O2S. The van der Waals surface area contributed by atoms with E-state index in [9.17, 15) is 4.79 Å². The Kier molecular flexibility index (Phi) is 5.12. The van der Waals surface area contributed by atoms with Gasteiger partial charge in [0.15, 0.2) is 5.11 Å². The molecule has 0 aliphatic heterocycles. The minimum Gasteiger partial charge on any atom is -0.412 e. The van der Waals surface area contributed by atoms with Gasteiger partial charge >= 0.3 is 0 Å². The van der Waals surface area contributed by atoms with Crippen LogP contribution in [0.25, 0.3) is 0 Å². The molecule has 7 heteroatoms. The Morgan fingerprint density at radius 1 is 1.43 bits per heavy atom. The van der Waals surface area contributed by atoms with Crippen LogP contribution >= 0.6 is 12.2 Å². The predicted molar refractivity (Wildman–Crippen MR) is 55.2 cm³/mol. The first-order valence-corrected chi connectivity index (χ1v) is 3.88. The molecular weight excluding hydrogens is 204 g/mol. The summed E-state index contributed by atoms with van der Waals surface area (Å²) in [5, 5.41) is 0.00396. The number of nitrogens with zero attached hydrogens (tertiary/aromatic N) is 1. The van der Waals surface area contributed by atoms with Crippen LogP contribution in [0.4, 0.5) is 0 Å². The second-order valence-electron chi connectivity index (χ2n) is 2.16. The van der Waals surface area contributed by atoms with Crippen LogP contribution in [0.2, 0.25) is 0 Å². The molecule has 14 heavy (non-hydrogen) atoms. The van der Waals surface area contributed by atoms with Crippen LogP contribution in [-0.4, -0.2) is 21.5 Å². The van der Waals surface area contributed by atoms with Gasteiger partial charge in [-0.1, -0.05) is 6.07 Å². The number of carbonyl (C=O) groups excluding carboxylic acids is 1. The van der Waals surface area contributed by atoms with Crippen molar-refractivity contribution < 1.29 is 10.3 Å². The van der Waals surface area contributed by atoms with Crippen LogP contribution in [0.1, 0.15) is 10.5 Å². The van der Waals surface area contributed by atoms with E-state index >= 15 is 0 Å². The van der Waals surface area contributed by atoms with E-state index in [2.05, 4.69) is 28.1 Å². The molecule has 0 bridgehead atoms. The Bertz CT molecular complexity index is 317. The Morgan fingerprint density at radius 3 is 2.64 bits per heavy atom. The zero-order chi connectivity index (χ0) is 9.68. The van der Waals surface area contributed by atoms with Crippen molar-refractivity contribution in [3.05, 3.63) is 30.1 Å². The summed E-state index contributed by atoms with van der Waals surface area (Å²) in [4.78, 5) is 15.0. The average molecular weight is 214 g/mol. The smallest absolute Gasteiger partial charge is 0.288 e. The highest BCUT2D eigenvalue weighted by Crippen LogP contribution is 1.90.